The van der Waals surface area contributed by atoms with Gasteiger partial charge in [-0.15, -0.1) is 0 Å². The highest BCUT2D eigenvalue weighted by Gasteiger charge is 2.13. The lowest BCUT2D eigenvalue weighted by atomic mass is 10.3. The van der Waals surface area contributed by atoms with E-state index in [0.29, 0.717) is 5.02 Å². The van der Waals surface area contributed by atoms with Crippen molar-refractivity contribution in [2.75, 3.05) is 5.73 Å². The number of aromatic amines is 1. The molecule has 0 aliphatic heterocycles. The van der Waals surface area contributed by atoms with Crippen molar-refractivity contribution in [3.63, 3.8) is 0 Å². The molecule has 3 rings (SSSR count). The molecule has 0 radical (unpaired) electrons. The van der Waals surface area contributed by atoms with Crippen LogP contribution in [0, 0.1) is 10.1 Å². The average Bonchev–Trinajstić information content (AvgIpc) is 2.89. The first-order valence-electron chi connectivity index (χ1n) is 6.88. The molecular formula is C15H13ClN4O2S. The fraction of sp³-hybridized carbons (Fsp3) is 0.133. The Bertz CT molecular complexity index is 910. The lowest BCUT2D eigenvalue weighted by molar-refractivity contribution is -0.383. The largest absolute Gasteiger partial charge is 0.393 e. The van der Waals surface area contributed by atoms with Gasteiger partial charge >= 0.3 is 0 Å². The van der Waals surface area contributed by atoms with Gasteiger partial charge in [0.05, 0.1) is 21.0 Å². The predicted molar refractivity (Wildman–Crippen MR) is 92.1 cm³/mol. The number of hydrogen-bond acceptors (Lipinski definition) is 5. The molecule has 0 fully saturated rings. The van der Waals surface area contributed by atoms with Crippen molar-refractivity contribution in [1.29, 1.82) is 0 Å². The first-order chi connectivity index (χ1) is 11.0. The summed E-state index contributed by atoms with van der Waals surface area (Å²) in [6, 6.07) is 8.36. The maximum atomic E-state index is 10.8. The first-order valence-corrected chi connectivity index (χ1v) is 8.07. The van der Waals surface area contributed by atoms with Crippen molar-refractivity contribution in [3.05, 3.63) is 51.3 Å². The van der Waals surface area contributed by atoms with Crippen LogP contribution in [-0.2, 0) is 6.42 Å². The van der Waals surface area contributed by atoms with Crippen LogP contribution in [0.1, 0.15) is 12.7 Å². The minimum Gasteiger partial charge on any atom is -0.393 e. The summed E-state index contributed by atoms with van der Waals surface area (Å²) in [4.78, 5) is 19.6. The van der Waals surface area contributed by atoms with E-state index in [9.17, 15) is 10.1 Å². The Kier molecular flexibility index (Phi) is 4.14. The van der Waals surface area contributed by atoms with Gasteiger partial charge in [0.15, 0.2) is 0 Å². The normalized spacial score (nSPS) is 11.0. The van der Waals surface area contributed by atoms with E-state index >= 15 is 0 Å². The van der Waals surface area contributed by atoms with Crippen LogP contribution < -0.4 is 5.73 Å². The van der Waals surface area contributed by atoms with E-state index in [1.54, 1.807) is 12.1 Å². The number of fused-ring (bicyclic) bond motifs is 1. The number of nitrogens with one attached hydrogen (secondary N) is 1. The number of hydrogen-bond donors (Lipinski definition) is 2. The minimum absolute atomic E-state index is 0.101. The number of H-pyrrole nitrogens is 1. The number of nitrogen functional groups attached to an aromatic ring is 1. The molecule has 0 aliphatic rings. The van der Waals surface area contributed by atoms with Gasteiger partial charge in [0.1, 0.15) is 11.5 Å². The van der Waals surface area contributed by atoms with E-state index < -0.39 is 4.92 Å². The molecule has 2 aromatic carbocycles. The van der Waals surface area contributed by atoms with Gasteiger partial charge in [0, 0.05) is 22.3 Å². The summed E-state index contributed by atoms with van der Waals surface area (Å²) in [5.74, 6) is 0.901. The molecule has 6 nitrogen and oxygen atoms in total. The Labute approximate surface area is 141 Å². The second kappa shape index (κ2) is 6.10. The second-order valence-corrected chi connectivity index (χ2v) is 6.44. The standard InChI is InChI=1S/C15H13ClN4O2S/c1-2-15-18-11-6-9(16)14(7-12(11)19-15)23-8-3-4-13(20(21)22)10(17)5-8/h3-7H,2,17H2,1H3,(H,18,19). The van der Waals surface area contributed by atoms with Crippen LogP contribution in [0.15, 0.2) is 40.1 Å². The summed E-state index contributed by atoms with van der Waals surface area (Å²) in [7, 11) is 0. The Morgan fingerprint density at radius 3 is 2.83 bits per heavy atom. The Morgan fingerprint density at radius 2 is 2.17 bits per heavy atom. The Morgan fingerprint density at radius 1 is 1.39 bits per heavy atom. The van der Waals surface area contributed by atoms with Crippen LogP contribution in [0.3, 0.4) is 0 Å². The van der Waals surface area contributed by atoms with E-state index in [1.807, 2.05) is 19.1 Å². The van der Waals surface area contributed by atoms with Gasteiger partial charge in [0.2, 0.25) is 0 Å². The maximum Gasteiger partial charge on any atom is 0.292 e. The zero-order chi connectivity index (χ0) is 16.6. The summed E-state index contributed by atoms with van der Waals surface area (Å²) in [6.45, 7) is 2.02. The molecule has 1 heterocycles. The number of anilines is 1. The summed E-state index contributed by atoms with van der Waals surface area (Å²) < 4.78 is 0. The van der Waals surface area contributed by atoms with Crippen LogP contribution in [0.2, 0.25) is 5.02 Å². The highest BCUT2D eigenvalue weighted by molar-refractivity contribution is 7.99. The molecule has 3 N–H and O–H groups in total. The molecule has 3 aromatic rings. The van der Waals surface area contributed by atoms with E-state index in [1.165, 1.54) is 17.8 Å². The van der Waals surface area contributed by atoms with E-state index in [-0.39, 0.29) is 11.4 Å². The molecule has 23 heavy (non-hydrogen) atoms. The molecule has 0 saturated heterocycles. The van der Waals surface area contributed by atoms with E-state index in [0.717, 1.165) is 33.1 Å². The molecule has 0 amide bonds. The van der Waals surface area contributed by atoms with Gasteiger partial charge in [-0.3, -0.25) is 10.1 Å². The molecule has 8 heteroatoms. The molecule has 0 spiro atoms. The van der Waals surface area contributed by atoms with Gasteiger partial charge in [-0.25, -0.2) is 4.98 Å². The molecular weight excluding hydrogens is 336 g/mol. The number of nitrogens with zero attached hydrogens (tertiary/aromatic N) is 2. The van der Waals surface area contributed by atoms with Crippen molar-refractivity contribution in [3.8, 4) is 0 Å². The molecule has 0 saturated carbocycles. The number of aryl methyl sites for hydroxylation is 1. The highest BCUT2D eigenvalue weighted by Crippen LogP contribution is 2.37. The van der Waals surface area contributed by atoms with Crippen molar-refractivity contribution in [1.82, 2.24) is 9.97 Å². The van der Waals surface area contributed by atoms with Gasteiger partial charge in [-0.1, -0.05) is 30.3 Å². The number of aromatic nitrogens is 2. The van der Waals surface area contributed by atoms with Crippen LogP contribution >= 0.6 is 23.4 Å². The topological polar surface area (TPSA) is 97.8 Å². The van der Waals surface area contributed by atoms with Crippen LogP contribution in [0.25, 0.3) is 11.0 Å². The quantitative estimate of drug-likeness (QED) is 0.413. The zero-order valence-electron chi connectivity index (χ0n) is 12.2. The summed E-state index contributed by atoms with van der Waals surface area (Å²) in [6.07, 6.45) is 0.813. The molecule has 1 aromatic heterocycles. The average molecular weight is 349 g/mol. The number of rotatable bonds is 4. The van der Waals surface area contributed by atoms with Crippen LogP contribution in [0.4, 0.5) is 11.4 Å². The van der Waals surface area contributed by atoms with Crippen molar-refractivity contribution >= 4 is 45.8 Å². The van der Waals surface area contributed by atoms with Crippen LogP contribution in [-0.4, -0.2) is 14.9 Å². The third-order valence-electron chi connectivity index (χ3n) is 3.34. The number of halogens is 1. The zero-order valence-corrected chi connectivity index (χ0v) is 13.7. The molecule has 0 atom stereocenters. The van der Waals surface area contributed by atoms with Gasteiger partial charge in [0.25, 0.3) is 5.69 Å². The number of nitro benzene ring substituents is 1. The summed E-state index contributed by atoms with van der Waals surface area (Å²) in [5.41, 5.74) is 7.47. The fourth-order valence-electron chi connectivity index (χ4n) is 2.20. The van der Waals surface area contributed by atoms with E-state index in [4.69, 9.17) is 17.3 Å². The van der Waals surface area contributed by atoms with Crippen molar-refractivity contribution < 1.29 is 4.92 Å². The molecule has 0 unspecified atom stereocenters. The SMILES string of the molecule is CCc1nc2cc(Sc3ccc([N+](=O)[O-])c(N)c3)c(Cl)cc2[nH]1. The fourth-order valence-corrected chi connectivity index (χ4v) is 3.38. The molecule has 0 bridgehead atoms. The third-order valence-corrected chi connectivity index (χ3v) is 4.82. The van der Waals surface area contributed by atoms with E-state index in [2.05, 4.69) is 9.97 Å². The van der Waals surface area contributed by atoms with Gasteiger partial charge in [-0.2, -0.15) is 0 Å². The van der Waals surface area contributed by atoms with Gasteiger partial charge < -0.3 is 10.7 Å². The van der Waals surface area contributed by atoms with Crippen LogP contribution in [0.5, 0.6) is 0 Å². The number of nitro groups is 1. The highest BCUT2D eigenvalue weighted by atomic mass is 35.5. The minimum atomic E-state index is -0.501. The lowest BCUT2D eigenvalue weighted by Crippen LogP contribution is -1.95. The molecule has 118 valence electrons. The maximum absolute atomic E-state index is 10.8. The third kappa shape index (κ3) is 3.11. The summed E-state index contributed by atoms with van der Waals surface area (Å²) >= 11 is 7.71. The van der Waals surface area contributed by atoms with Gasteiger partial charge in [-0.05, 0) is 24.3 Å². The second-order valence-electron chi connectivity index (χ2n) is 4.92. The number of nitrogens with two attached hydrogens (primary N) is 1. The lowest BCUT2D eigenvalue weighted by Gasteiger charge is -2.05. The monoisotopic (exact) mass is 348 g/mol. The molecule has 0 aliphatic carbocycles. The number of imidazole rings is 1. The van der Waals surface area contributed by atoms with Crippen molar-refractivity contribution in [2.24, 2.45) is 0 Å². The predicted octanol–water partition coefficient (Wildman–Crippen LogP) is 4.42. The Balaban J connectivity index is 1.96. The summed E-state index contributed by atoms with van der Waals surface area (Å²) in [5, 5.41) is 11.4. The van der Waals surface area contributed by atoms with Crippen molar-refractivity contribution in [2.45, 2.75) is 23.1 Å². The first kappa shape index (κ1) is 15.6. The smallest absolute Gasteiger partial charge is 0.292 e. The Hall–Kier alpha value is -2.25. The number of benzene rings is 2.